The number of amides is 3. The van der Waals surface area contributed by atoms with E-state index in [9.17, 15) is 14.4 Å². The van der Waals surface area contributed by atoms with E-state index in [2.05, 4.69) is 20.6 Å². The molecule has 5 rings (SSSR count). The van der Waals surface area contributed by atoms with Crippen LogP contribution >= 0.6 is 0 Å². The molecule has 10 heteroatoms. The first-order valence-corrected chi connectivity index (χ1v) is 11.7. The van der Waals surface area contributed by atoms with Crippen LogP contribution in [-0.4, -0.2) is 58.5 Å². The summed E-state index contributed by atoms with van der Waals surface area (Å²) in [4.78, 5) is 48.5. The van der Waals surface area contributed by atoms with Gasteiger partial charge in [-0.1, -0.05) is 17.7 Å². The fraction of sp³-hybridized carbons (Fsp3) is 0.269. The molecule has 3 heterocycles. The summed E-state index contributed by atoms with van der Waals surface area (Å²) >= 11 is 0. The molecular formula is C26H25N5O5. The van der Waals surface area contributed by atoms with Gasteiger partial charge in [0.25, 0.3) is 17.7 Å². The number of carbonyl (C=O) groups excluding carboxylic acids is 3. The third kappa shape index (κ3) is 4.97. The smallest absolute Gasteiger partial charge is 0.273 e. The van der Waals surface area contributed by atoms with Crippen LogP contribution in [-0.2, 0) is 0 Å². The Morgan fingerprint density at radius 2 is 1.58 bits per heavy atom. The summed E-state index contributed by atoms with van der Waals surface area (Å²) in [7, 11) is 0. The highest BCUT2D eigenvalue weighted by molar-refractivity contribution is 6.07. The third-order valence-corrected chi connectivity index (χ3v) is 6.20. The molecule has 0 aliphatic carbocycles. The molecule has 3 aromatic rings. The molecule has 0 atom stereocenters. The molecule has 2 aliphatic heterocycles. The van der Waals surface area contributed by atoms with Gasteiger partial charge >= 0.3 is 0 Å². The first kappa shape index (κ1) is 23.3. The number of likely N-dealkylation sites (tertiary alicyclic amines) is 1. The van der Waals surface area contributed by atoms with E-state index in [0.717, 1.165) is 5.56 Å². The van der Waals surface area contributed by atoms with Gasteiger partial charge in [-0.05, 0) is 50.1 Å². The highest BCUT2D eigenvalue weighted by atomic mass is 16.7. The highest BCUT2D eigenvalue weighted by Gasteiger charge is 2.27. The molecule has 36 heavy (non-hydrogen) atoms. The number of nitrogens with one attached hydrogen (secondary N) is 2. The molecule has 0 unspecified atom stereocenters. The summed E-state index contributed by atoms with van der Waals surface area (Å²) in [5.74, 6) is 0.399. The Hall–Kier alpha value is -4.47. The number of hydrogen-bond acceptors (Lipinski definition) is 7. The molecule has 2 aliphatic rings. The maximum atomic E-state index is 13.0. The predicted octanol–water partition coefficient (Wildman–Crippen LogP) is 2.80. The van der Waals surface area contributed by atoms with Crippen molar-refractivity contribution < 1.29 is 23.9 Å². The van der Waals surface area contributed by atoms with Crippen LogP contribution in [0, 0.1) is 6.92 Å². The van der Waals surface area contributed by atoms with Gasteiger partial charge in [0.1, 0.15) is 0 Å². The molecule has 1 fully saturated rings. The van der Waals surface area contributed by atoms with E-state index in [0.29, 0.717) is 48.6 Å². The Morgan fingerprint density at radius 1 is 0.889 bits per heavy atom. The Bertz CT molecular complexity index is 1300. The van der Waals surface area contributed by atoms with Gasteiger partial charge in [0.15, 0.2) is 23.0 Å². The SMILES string of the molecule is Cc1ccc(C(=O)Nc2nccnc2C(=O)NC2CCN(C(=O)c3ccc4c(c3)OCO4)CC2)cc1. The Balaban J connectivity index is 1.18. The standard InChI is InChI=1S/C26H25N5O5/c1-16-2-4-17(5-3-16)24(32)30-23-22(27-10-11-28-23)25(33)29-19-8-12-31(13-9-19)26(34)18-6-7-20-21(14-18)36-15-35-20/h2-7,10-11,14,19H,8-9,12-13,15H2,1H3,(H,29,33)(H,28,30,32). The van der Waals surface area contributed by atoms with Gasteiger partial charge in [-0.25, -0.2) is 9.97 Å². The van der Waals surface area contributed by atoms with Crippen molar-refractivity contribution in [2.45, 2.75) is 25.8 Å². The Kier molecular flexibility index (Phi) is 6.48. The monoisotopic (exact) mass is 487 g/mol. The Labute approximate surface area is 207 Å². The van der Waals surface area contributed by atoms with E-state index < -0.39 is 5.91 Å². The normalized spacial score (nSPS) is 14.9. The zero-order valence-corrected chi connectivity index (χ0v) is 19.7. The first-order chi connectivity index (χ1) is 17.5. The summed E-state index contributed by atoms with van der Waals surface area (Å²) in [6.07, 6.45) is 4.01. The second-order valence-electron chi connectivity index (χ2n) is 8.68. The first-order valence-electron chi connectivity index (χ1n) is 11.7. The summed E-state index contributed by atoms with van der Waals surface area (Å²) in [6.45, 7) is 3.08. The average Bonchev–Trinajstić information content (AvgIpc) is 3.37. The fourth-order valence-corrected chi connectivity index (χ4v) is 4.17. The topological polar surface area (TPSA) is 123 Å². The van der Waals surface area contributed by atoms with Crippen LogP contribution in [0.2, 0.25) is 0 Å². The van der Waals surface area contributed by atoms with Crippen molar-refractivity contribution in [1.82, 2.24) is 20.2 Å². The molecule has 0 bridgehead atoms. The lowest BCUT2D eigenvalue weighted by molar-refractivity contribution is 0.0697. The van der Waals surface area contributed by atoms with Gasteiger partial charge in [0, 0.05) is 42.7 Å². The van der Waals surface area contributed by atoms with Crippen LogP contribution in [0.25, 0.3) is 0 Å². The zero-order chi connectivity index (χ0) is 25.1. The number of nitrogens with zero attached hydrogens (tertiary/aromatic N) is 3. The summed E-state index contributed by atoms with van der Waals surface area (Å²) in [5.41, 5.74) is 2.07. The number of fused-ring (bicyclic) bond motifs is 1. The number of aromatic nitrogens is 2. The molecule has 0 radical (unpaired) electrons. The molecule has 1 saturated heterocycles. The van der Waals surface area contributed by atoms with E-state index in [4.69, 9.17) is 9.47 Å². The number of hydrogen-bond donors (Lipinski definition) is 2. The number of anilines is 1. The van der Waals surface area contributed by atoms with E-state index in [1.54, 1.807) is 35.2 Å². The van der Waals surface area contributed by atoms with E-state index >= 15 is 0 Å². The van der Waals surface area contributed by atoms with Crippen molar-refractivity contribution in [3.8, 4) is 11.5 Å². The molecule has 0 saturated carbocycles. The van der Waals surface area contributed by atoms with Gasteiger partial charge in [-0.3, -0.25) is 14.4 Å². The lowest BCUT2D eigenvalue weighted by atomic mass is 10.0. The maximum Gasteiger partial charge on any atom is 0.273 e. The van der Waals surface area contributed by atoms with Crippen molar-refractivity contribution >= 4 is 23.5 Å². The van der Waals surface area contributed by atoms with E-state index in [1.165, 1.54) is 12.4 Å². The zero-order valence-electron chi connectivity index (χ0n) is 19.7. The molecular weight excluding hydrogens is 462 g/mol. The molecule has 184 valence electrons. The largest absolute Gasteiger partial charge is 0.454 e. The lowest BCUT2D eigenvalue weighted by Crippen LogP contribution is -2.46. The van der Waals surface area contributed by atoms with E-state index in [-0.39, 0.29) is 36.2 Å². The molecule has 2 aromatic carbocycles. The van der Waals surface area contributed by atoms with Crippen molar-refractivity contribution in [3.63, 3.8) is 0 Å². The highest BCUT2D eigenvalue weighted by Crippen LogP contribution is 2.33. The van der Waals surface area contributed by atoms with Crippen LogP contribution in [0.3, 0.4) is 0 Å². The second-order valence-corrected chi connectivity index (χ2v) is 8.68. The van der Waals surface area contributed by atoms with Crippen molar-refractivity contribution in [2.24, 2.45) is 0 Å². The molecule has 0 spiro atoms. The van der Waals surface area contributed by atoms with Crippen LogP contribution in [0.5, 0.6) is 11.5 Å². The minimum atomic E-state index is -0.428. The summed E-state index contributed by atoms with van der Waals surface area (Å²) in [5, 5.41) is 5.64. The van der Waals surface area contributed by atoms with Gasteiger partial charge in [0.05, 0.1) is 0 Å². The van der Waals surface area contributed by atoms with Gasteiger partial charge in [-0.15, -0.1) is 0 Å². The molecule has 2 N–H and O–H groups in total. The van der Waals surface area contributed by atoms with Gasteiger partial charge in [0.2, 0.25) is 6.79 Å². The Morgan fingerprint density at radius 3 is 2.36 bits per heavy atom. The average molecular weight is 488 g/mol. The number of piperidine rings is 1. The minimum Gasteiger partial charge on any atom is -0.454 e. The number of rotatable bonds is 5. The molecule has 1 aromatic heterocycles. The van der Waals surface area contributed by atoms with Crippen LogP contribution < -0.4 is 20.1 Å². The summed E-state index contributed by atoms with van der Waals surface area (Å²) < 4.78 is 10.7. The second kappa shape index (κ2) is 10.0. The number of aryl methyl sites for hydroxylation is 1. The third-order valence-electron chi connectivity index (χ3n) is 6.20. The number of ether oxygens (including phenoxy) is 2. The lowest BCUT2D eigenvalue weighted by Gasteiger charge is -2.32. The fourth-order valence-electron chi connectivity index (χ4n) is 4.17. The maximum absolute atomic E-state index is 13.0. The summed E-state index contributed by atoms with van der Waals surface area (Å²) in [6, 6.07) is 12.1. The van der Waals surface area contributed by atoms with Gasteiger partial charge < -0.3 is 25.0 Å². The molecule has 3 amide bonds. The van der Waals surface area contributed by atoms with Gasteiger partial charge in [-0.2, -0.15) is 0 Å². The van der Waals surface area contributed by atoms with E-state index in [1.807, 2.05) is 19.1 Å². The number of carbonyl (C=O) groups is 3. The quantitative estimate of drug-likeness (QED) is 0.567. The van der Waals surface area contributed by atoms with Crippen molar-refractivity contribution in [2.75, 3.05) is 25.2 Å². The van der Waals surface area contributed by atoms with Crippen LogP contribution in [0.4, 0.5) is 5.82 Å². The van der Waals surface area contributed by atoms with Crippen LogP contribution in [0.15, 0.2) is 54.9 Å². The number of benzene rings is 2. The predicted molar refractivity (Wildman–Crippen MR) is 130 cm³/mol. The molecule has 10 nitrogen and oxygen atoms in total. The van der Waals surface area contributed by atoms with Crippen LogP contribution in [0.1, 0.15) is 49.6 Å². The van der Waals surface area contributed by atoms with Crippen molar-refractivity contribution in [1.29, 1.82) is 0 Å². The minimum absolute atomic E-state index is 0.0387. The van der Waals surface area contributed by atoms with Crippen molar-refractivity contribution in [3.05, 3.63) is 77.2 Å².